The molecule has 7 heteroatoms. The van der Waals surface area contributed by atoms with Crippen LogP contribution in [0.15, 0.2) is 0 Å². The summed E-state index contributed by atoms with van der Waals surface area (Å²) in [6, 6.07) is 0.265. The third-order valence-corrected chi connectivity index (χ3v) is 5.29. The van der Waals surface area contributed by atoms with E-state index >= 15 is 0 Å². The van der Waals surface area contributed by atoms with Gasteiger partial charge in [-0.15, -0.1) is 24.8 Å². The van der Waals surface area contributed by atoms with E-state index in [1.54, 1.807) is 0 Å². The summed E-state index contributed by atoms with van der Waals surface area (Å²) in [5.74, 6) is -0.00648. The number of halogens is 2. The Morgan fingerprint density at radius 1 is 1.32 bits per heavy atom. The van der Waals surface area contributed by atoms with Gasteiger partial charge in [-0.25, -0.2) is 0 Å². The lowest BCUT2D eigenvalue weighted by molar-refractivity contribution is -0.171. The van der Waals surface area contributed by atoms with Crippen LogP contribution in [0, 0.1) is 5.41 Å². The Morgan fingerprint density at radius 2 is 1.86 bits per heavy atom. The van der Waals surface area contributed by atoms with Gasteiger partial charge in [0.1, 0.15) is 5.54 Å². The molecule has 0 aromatic heterocycles. The zero-order chi connectivity index (χ0) is 15.0. The third-order valence-electron chi connectivity index (χ3n) is 5.29. The van der Waals surface area contributed by atoms with Gasteiger partial charge in [0.15, 0.2) is 0 Å². The molecule has 1 saturated heterocycles. The number of nitrogens with zero attached hydrogens (tertiary/aromatic N) is 1. The van der Waals surface area contributed by atoms with Gasteiger partial charge in [-0.1, -0.05) is 13.8 Å². The highest BCUT2D eigenvalue weighted by molar-refractivity contribution is 5.89. The summed E-state index contributed by atoms with van der Waals surface area (Å²) < 4.78 is 5.68. The fourth-order valence-corrected chi connectivity index (χ4v) is 3.29. The Balaban J connectivity index is 0.00000220. The van der Waals surface area contributed by atoms with Crippen LogP contribution in [-0.2, 0) is 9.53 Å². The molecule has 1 amide bonds. The molecule has 1 saturated carbocycles. The van der Waals surface area contributed by atoms with E-state index in [2.05, 4.69) is 17.3 Å². The molecular weight excluding hydrogens is 325 g/mol. The van der Waals surface area contributed by atoms with E-state index in [4.69, 9.17) is 10.5 Å². The number of hydrogen-bond donors (Lipinski definition) is 2. The van der Waals surface area contributed by atoms with Gasteiger partial charge in [-0.3, -0.25) is 4.79 Å². The summed E-state index contributed by atoms with van der Waals surface area (Å²) in [4.78, 5) is 14.8. The second-order valence-electron chi connectivity index (χ2n) is 6.89. The maximum absolute atomic E-state index is 12.6. The summed E-state index contributed by atoms with van der Waals surface area (Å²) in [7, 11) is 2.12. The van der Waals surface area contributed by atoms with Gasteiger partial charge in [0, 0.05) is 24.5 Å². The lowest BCUT2D eigenvalue weighted by atomic mass is 9.54. The van der Waals surface area contributed by atoms with E-state index in [9.17, 15) is 4.79 Å². The Hall–Kier alpha value is -0.0700. The number of likely N-dealkylation sites (tertiary alicyclic amines) is 1. The number of amides is 1. The molecule has 5 nitrogen and oxygen atoms in total. The minimum absolute atomic E-state index is 0. The average Bonchev–Trinajstić information content (AvgIpc) is 2.40. The Kier molecular flexibility index (Phi) is 8.13. The second kappa shape index (κ2) is 8.15. The van der Waals surface area contributed by atoms with Gasteiger partial charge in [0.05, 0.1) is 6.10 Å². The van der Waals surface area contributed by atoms with E-state index in [1.165, 1.54) is 0 Å². The number of ether oxygens (including phenoxy) is 1. The zero-order valence-electron chi connectivity index (χ0n) is 14.1. The van der Waals surface area contributed by atoms with E-state index in [0.29, 0.717) is 13.0 Å². The van der Waals surface area contributed by atoms with Crippen LogP contribution in [0.25, 0.3) is 0 Å². The van der Waals surface area contributed by atoms with E-state index in [-0.39, 0.29) is 48.3 Å². The van der Waals surface area contributed by atoms with Crippen molar-refractivity contribution in [3.8, 4) is 0 Å². The molecule has 1 heterocycles. The van der Waals surface area contributed by atoms with Crippen molar-refractivity contribution in [3.63, 3.8) is 0 Å². The largest absolute Gasteiger partial charge is 0.378 e. The van der Waals surface area contributed by atoms with Crippen molar-refractivity contribution in [1.29, 1.82) is 0 Å². The molecule has 2 unspecified atom stereocenters. The molecule has 0 radical (unpaired) electrons. The summed E-state index contributed by atoms with van der Waals surface area (Å²) in [6.45, 7) is 8.78. The van der Waals surface area contributed by atoms with E-state index in [1.807, 2.05) is 20.8 Å². The molecule has 1 aliphatic carbocycles. The summed E-state index contributed by atoms with van der Waals surface area (Å²) in [5.41, 5.74) is 5.28. The molecule has 1 aliphatic heterocycles. The van der Waals surface area contributed by atoms with Crippen molar-refractivity contribution in [2.75, 3.05) is 26.7 Å². The van der Waals surface area contributed by atoms with Crippen molar-refractivity contribution in [3.05, 3.63) is 0 Å². The first-order valence-corrected chi connectivity index (χ1v) is 7.71. The Morgan fingerprint density at radius 3 is 2.32 bits per heavy atom. The lowest BCUT2D eigenvalue weighted by Gasteiger charge is -2.57. The molecule has 0 aromatic carbocycles. The van der Waals surface area contributed by atoms with Crippen LogP contribution in [0.5, 0.6) is 0 Å². The zero-order valence-corrected chi connectivity index (χ0v) is 15.7. The van der Waals surface area contributed by atoms with Crippen LogP contribution in [0.3, 0.4) is 0 Å². The number of carbonyl (C=O) groups excluding carboxylic acids is 1. The van der Waals surface area contributed by atoms with Crippen molar-refractivity contribution in [1.82, 2.24) is 10.2 Å². The molecule has 0 bridgehead atoms. The number of nitrogens with two attached hydrogens (primary N) is 1. The van der Waals surface area contributed by atoms with Crippen LogP contribution in [0.1, 0.15) is 40.0 Å². The maximum Gasteiger partial charge on any atom is 0.241 e. The quantitative estimate of drug-likeness (QED) is 0.803. The molecule has 2 fully saturated rings. The Labute approximate surface area is 146 Å². The molecule has 2 aliphatic rings. The number of rotatable bonds is 4. The highest BCUT2D eigenvalue weighted by Crippen LogP contribution is 2.49. The number of carbonyl (C=O) groups is 1. The highest BCUT2D eigenvalue weighted by Gasteiger charge is 2.63. The molecule has 3 N–H and O–H groups in total. The molecule has 2 atom stereocenters. The van der Waals surface area contributed by atoms with Gasteiger partial charge in [0.25, 0.3) is 0 Å². The molecule has 0 aromatic rings. The minimum Gasteiger partial charge on any atom is -0.378 e. The van der Waals surface area contributed by atoms with Gasteiger partial charge in [-0.05, 0) is 39.9 Å². The van der Waals surface area contributed by atoms with Gasteiger partial charge < -0.3 is 20.7 Å². The fraction of sp³-hybridized carbons (Fsp3) is 0.933. The van der Waals surface area contributed by atoms with Crippen LogP contribution in [0.4, 0.5) is 0 Å². The number of nitrogens with one attached hydrogen (secondary N) is 1. The van der Waals surface area contributed by atoms with Crippen LogP contribution in [-0.4, -0.2) is 55.2 Å². The van der Waals surface area contributed by atoms with Crippen molar-refractivity contribution < 1.29 is 9.53 Å². The summed E-state index contributed by atoms with van der Waals surface area (Å²) in [6.07, 6.45) is 2.72. The topological polar surface area (TPSA) is 67.6 Å². The smallest absolute Gasteiger partial charge is 0.241 e. The maximum atomic E-state index is 12.6. The van der Waals surface area contributed by atoms with E-state index < -0.39 is 5.54 Å². The monoisotopic (exact) mass is 355 g/mol. The number of piperidine rings is 1. The van der Waals surface area contributed by atoms with Crippen LogP contribution >= 0.6 is 24.8 Å². The predicted molar refractivity (Wildman–Crippen MR) is 93.9 cm³/mol. The van der Waals surface area contributed by atoms with Crippen molar-refractivity contribution >= 4 is 30.7 Å². The molecule has 2 rings (SSSR count). The SMILES string of the molecule is CCOC1CC(N)(C(=O)NC2CCN(C)CC2)C1(C)C.Cl.Cl. The normalized spacial score (nSPS) is 31.4. The first-order chi connectivity index (χ1) is 9.31. The first kappa shape index (κ1) is 21.9. The van der Waals surface area contributed by atoms with Gasteiger partial charge in [0.2, 0.25) is 5.91 Å². The number of hydrogen-bond acceptors (Lipinski definition) is 4. The molecule has 22 heavy (non-hydrogen) atoms. The van der Waals surface area contributed by atoms with E-state index in [0.717, 1.165) is 25.9 Å². The average molecular weight is 356 g/mol. The van der Waals surface area contributed by atoms with Gasteiger partial charge in [-0.2, -0.15) is 0 Å². The molecular formula is C15H31Cl2N3O2. The molecule has 0 spiro atoms. The van der Waals surface area contributed by atoms with Crippen LogP contribution in [0.2, 0.25) is 0 Å². The standard InChI is InChI=1S/C15H29N3O2.2ClH/c1-5-20-12-10-15(16,14(12,2)3)13(19)17-11-6-8-18(4)9-7-11;;/h11-12H,5-10,16H2,1-4H3,(H,17,19);2*1H. The minimum atomic E-state index is -0.795. The molecule has 132 valence electrons. The highest BCUT2D eigenvalue weighted by atomic mass is 35.5. The van der Waals surface area contributed by atoms with Crippen molar-refractivity contribution in [2.24, 2.45) is 11.1 Å². The third kappa shape index (κ3) is 3.88. The van der Waals surface area contributed by atoms with Gasteiger partial charge >= 0.3 is 0 Å². The Bertz CT molecular complexity index is 374. The summed E-state index contributed by atoms with van der Waals surface area (Å²) in [5, 5.41) is 3.15. The summed E-state index contributed by atoms with van der Waals surface area (Å²) >= 11 is 0. The lowest BCUT2D eigenvalue weighted by Crippen LogP contribution is -2.76. The predicted octanol–water partition coefficient (Wildman–Crippen LogP) is 1.57. The first-order valence-electron chi connectivity index (χ1n) is 7.71. The van der Waals surface area contributed by atoms with Crippen molar-refractivity contribution in [2.45, 2.75) is 57.7 Å². The fourth-order valence-electron chi connectivity index (χ4n) is 3.29. The van der Waals surface area contributed by atoms with Crippen LogP contribution < -0.4 is 11.1 Å². The second-order valence-corrected chi connectivity index (χ2v) is 6.89.